The SMILES string of the molecule is O=C(CCn1cnc2sccc2c1=O)N1C2CCNCC1CC2. The number of amides is 1. The zero-order valence-corrected chi connectivity index (χ0v) is 13.7. The Kier molecular flexibility index (Phi) is 3.90. The largest absolute Gasteiger partial charge is 0.335 e. The topological polar surface area (TPSA) is 67.2 Å². The van der Waals surface area contributed by atoms with Gasteiger partial charge in [-0.15, -0.1) is 11.3 Å². The van der Waals surface area contributed by atoms with Gasteiger partial charge in [0.05, 0.1) is 11.7 Å². The maximum atomic E-state index is 12.7. The second-order valence-electron chi connectivity index (χ2n) is 6.31. The normalized spacial score (nSPS) is 24.1. The minimum Gasteiger partial charge on any atom is -0.335 e. The van der Waals surface area contributed by atoms with Crippen LogP contribution in [0.3, 0.4) is 0 Å². The van der Waals surface area contributed by atoms with Crippen LogP contribution in [0.2, 0.25) is 0 Å². The smallest absolute Gasteiger partial charge is 0.262 e. The molecule has 2 unspecified atom stereocenters. The molecule has 2 bridgehead atoms. The summed E-state index contributed by atoms with van der Waals surface area (Å²) in [7, 11) is 0. The highest BCUT2D eigenvalue weighted by molar-refractivity contribution is 7.16. The van der Waals surface area contributed by atoms with E-state index < -0.39 is 0 Å². The van der Waals surface area contributed by atoms with E-state index in [0.717, 1.165) is 37.2 Å². The number of nitrogens with one attached hydrogen (secondary N) is 1. The van der Waals surface area contributed by atoms with Crippen molar-refractivity contribution in [2.24, 2.45) is 0 Å². The molecule has 1 N–H and O–H groups in total. The number of hydrogen-bond donors (Lipinski definition) is 1. The van der Waals surface area contributed by atoms with Gasteiger partial charge in [-0.2, -0.15) is 0 Å². The Balaban J connectivity index is 1.48. The van der Waals surface area contributed by atoms with Gasteiger partial charge in [-0.1, -0.05) is 0 Å². The maximum absolute atomic E-state index is 12.7. The molecule has 122 valence electrons. The van der Waals surface area contributed by atoms with Crippen molar-refractivity contribution in [3.05, 3.63) is 28.1 Å². The first-order valence-corrected chi connectivity index (χ1v) is 9.06. The summed E-state index contributed by atoms with van der Waals surface area (Å²) < 4.78 is 1.56. The van der Waals surface area contributed by atoms with Gasteiger partial charge in [0, 0.05) is 31.6 Å². The van der Waals surface area contributed by atoms with Crippen LogP contribution >= 0.6 is 11.3 Å². The zero-order valence-electron chi connectivity index (χ0n) is 12.9. The Hall–Kier alpha value is -1.73. The lowest BCUT2D eigenvalue weighted by atomic mass is 10.1. The van der Waals surface area contributed by atoms with E-state index in [-0.39, 0.29) is 11.5 Å². The predicted octanol–water partition coefficient (Wildman–Crippen LogP) is 1.20. The Morgan fingerprint density at radius 1 is 1.35 bits per heavy atom. The van der Waals surface area contributed by atoms with Crippen molar-refractivity contribution in [2.45, 2.75) is 44.3 Å². The lowest BCUT2D eigenvalue weighted by Gasteiger charge is -2.28. The number of carbonyl (C=O) groups is 1. The average molecular weight is 332 g/mol. The van der Waals surface area contributed by atoms with Gasteiger partial charge in [0.25, 0.3) is 5.56 Å². The summed E-state index contributed by atoms with van der Waals surface area (Å²) >= 11 is 1.46. The van der Waals surface area contributed by atoms with E-state index in [4.69, 9.17) is 0 Å². The molecule has 6 nitrogen and oxygen atoms in total. The van der Waals surface area contributed by atoms with Gasteiger partial charge in [0.15, 0.2) is 0 Å². The van der Waals surface area contributed by atoms with Crippen LogP contribution in [-0.4, -0.2) is 45.5 Å². The van der Waals surface area contributed by atoms with E-state index in [1.165, 1.54) is 11.3 Å². The molecule has 2 aliphatic rings. The summed E-state index contributed by atoms with van der Waals surface area (Å²) in [5.41, 5.74) is -0.0513. The number of rotatable bonds is 3. The fourth-order valence-corrected chi connectivity index (χ4v) is 4.51. The van der Waals surface area contributed by atoms with E-state index in [1.807, 2.05) is 5.38 Å². The standard InChI is InChI=1S/C16H20N4O2S/c21-14(20-11-1-2-12(20)9-17-6-3-11)4-7-19-10-18-15-13(16(19)22)5-8-23-15/h5,8,10-12,17H,1-4,6-7,9H2. The fourth-order valence-electron chi connectivity index (χ4n) is 3.79. The van der Waals surface area contributed by atoms with E-state index >= 15 is 0 Å². The molecule has 2 aromatic heterocycles. The van der Waals surface area contributed by atoms with E-state index in [0.29, 0.717) is 30.4 Å². The summed E-state index contributed by atoms with van der Waals surface area (Å²) in [4.78, 5) is 32.2. The number of carbonyl (C=O) groups excluding carboxylic acids is 1. The molecular weight excluding hydrogens is 312 g/mol. The second kappa shape index (κ2) is 6.05. The third-order valence-electron chi connectivity index (χ3n) is 4.96. The molecule has 4 rings (SSSR count). The molecule has 7 heteroatoms. The van der Waals surface area contributed by atoms with Crippen LogP contribution in [0, 0.1) is 0 Å². The van der Waals surface area contributed by atoms with Crippen molar-refractivity contribution in [1.29, 1.82) is 0 Å². The Labute approximate surface area is 138 Å². The molecule has 0 aliphatic carbocycles. The third-order valence-corrected chi connectivity index (χ3v) is 5.78. The first-order valence-electron chi connectivity index (χ1n) is 8.18. The van der Waals surface area contributed by atoms with Crippen molar-refractivity contribution < 1.29 is 4.79 Å². The van der Waals surface area contributed by atoms with Crippen LogP contribution in [0.25, 0.3) is 10.2 Å². The molecule has 0 saturated carbocycles. The van der Waals surface area contributed by atoms with Crippen molar-refractivity contribution in [2.75, 3.05) is 13.1 Å². The predicted molar refractivity (Wildman–Crippen MR) is 89.6 cm³/mol. The molecule has 0 radical (unpaired) electrons. The first-order chi connectivity index (χ1) is 11.2. The average Bonchev–Trinajstić information content (AvgIpc) is 3.10. The van der Waals surface area contributed by atoms with E-state index in [9.17, 15) is 9.59 Å². The molecule has 1 amide bonds. The zero-order chi connectivity index (χ0) is 15.8. The minimum absolute atomic E-state index is 0.0513. The number of hydrogen-bond acceptors (Lipinski definition) is 5. The first kappa shape index (κ1) is 14.8. The van der Waals surface area contributed by atoms with Crippen molar-refractivity contribution in [3.8, 4) is 0 Å². The van der Waals surface area contributed by atoms with Crippen LogP contribution in [0.15, 0.2) is 22.6 Å². The molecule has 2 aliphatic heterocycles. The van der Waals surface area contributed by atoms with Crippen molar-refractivity contribution in [3.63, 3.8) is 0 Å². The molecule has 2 atom stereocenters. The van der Waals surface area contributed by atoms with E-state index in [1.54, 1.807) is 17.0 Å². The molecule has 23 heavy (non-hydrogen) atoms. The van der Waals surface area contributed by atoms with Gasteiger partial charge in [-0.25, -0.2) is 4.98 Å². The lowest BCUT2D eigenvalue weighted by molar-refractivity contribution is -0.134. The molecule has 4 heterocycles. The van der Waals surface area contributed by atoms with Crippen molar-refractivity contribution >= 4 is 27.5 Å². The number of aromatic nitrogens is 2. The molecular formula is C16H20N4O2S. The molecule has 2 fully saturated rings. The quantitative estimate of drug-likeness (QED) is 0.917. The van der Waals surface area contributed by atoms with Crippen LogP contribution in [0.1, 0.15) is 25.7 Å². The van der Waals surface area contributed by atoms with Gasteiger partial charge in [0.1, 0.15) is 4.83 Å². The van der Waals surface area contributed by atoms with E-state index in [2.05, 4.69) is 15.2 Å². The van der Waals surface area contributed by atoms with Crippen LogP contribution < -0.4 is 10.9 Å². The molecule has 2 aromatic rings. The monoisotopic (exact) mass is 332 g/mol. The maximum Gasteiger partial charge on any atom is 0.262 e. The summed E-state index contributed by atoms with van der Waals surface area (Å²) in [6, 6.07) is 2.50. The molecule has 0 spiro atoms. The van der Waals surface area contributed by atoms with Gasteiger partial charge >= 0.3 is 0 Å². The Morgan fingerprint density at radius 2 is 2.22 bits per heavy atom. The van der Waals surface area contributed by atoms with Crippen LogP contribution in [-0.2, 0) is 11.3 Å². The van der Waals surface area contributed by atoms with Gasteiger partial charge < -0.3 is 10.2 Å². The van der Waals surface area contributed by atoms with Gasteiger partial charge in [-0.3, -0.25) is 14.2 Å². The summed E-state index contributed by atoms with van der Waals surface area (Å²) in [6.45, 7) is 2.29. The highest BCUT2D eigenvalue weighted by Gasteiger charge is 2.37. The second-order valence-corrected chi connectivity index (χ2v) is 7.21. The summed E-state index contributed by atoms with van der Waals surface area (Å²) in [5, 5.41) is 5.92. The molecule has 2 saturated heterocycles. The highest BCUT2D eigenvalue weighted by atomic mass is 32.1. The lowest BCUT2D eigenvalue weighted by Crippen LogP contribution is -2.43. The number of fused-ring (bicyclic) bond motifs is 3. The summed E-state index contributed by atoms with van der Waals surface area (Å²) in [6.07, 6.45) is 5.16. The summed E-state index contributed by atoms with van der Waals surface area (Å²) in [5.74, 6) is 0.165. The Bertz CT molecular complexity index is 770. The molecule has 0 aromatic carbocycles. The van der Waals surface area contributed by atoms with Crippen molar-refractivity contribution in [1.82, 2.24) is 19.8 Å². The fraction of sp³-hybridized carbons (Fsp3) is 0.562. The number of aryl methyl sites for hydroxylation is 1. The highest BCUT2D eigenvalue weighted by Crippen LogP contribution is 2.28. The minimum atomic E-state index is -0.0513. The number of thiophene rings is 1. The van der Waals surface area contributed by atoms with Gasteiger partial charge in [-0.05, 0) is 37.3 Å². The number of nitrogens with zero attached hydrogens (tertiary/aromatic N) is 3. The Morgan fingerprint density at radius 3 is 3.13 bits per heavy atom. The van der Waals surface area contributed by atoms with Crippen LogP contribution in [0.4, 0.5) is 0 Å². The van der Waals surface area contributed by atoms with Gasteiger partial charge in [0.2, 0.25) is 5.91 Å². The third kappa shape index (κ3) is 2.68. The van der Waals surface area contributed by atoms with Crippen LogP contribution in [0.5, 0.6) is 0 Å².